The largest absolute Gasteiger partial charge is 0.479 e. The molecule has 0 fully saturated rings. The van der Waals surface area contributed by atoms with Crippen LogP contribution in [0.1, 0.15) is 16.1 Å². The number of ether oxygens (including phenoxy) is 1. The summed E-state index contributed by atoms with van der Waals surface area (Å²) < 4.78 is 7.03. The molecule has 2 aromatic heterocycles. The molecule has 1 N–H and O–H groups in total. The van der Waals surface area contributed by atoms with E-state index in [1.165, 1.54) is 24.7 Å². The van der Waals surface area contributed by atoms with Crippen molar-refractivity contribution in [3.05, 3.63) is 52.1 Å². The molecule has 0 spiro atoms. The van der Waals surface area contributed by atoms with Crippen molar-refractivity contribution in [2.45, 2.75) is 0 Å². The van der Waals surface area contributed by atoms with E-state index in [0.29, 0.717) is 22.2 Å². The number of hydrogen-bond acceptors (Lipinski definition) is 5. The summed E-state index contributed by atoms with van der Waals surface area (Å²) in [5.74, 6) is 0.108. The minimum Gasteiger partial charge on any atom is -0.479 e. The number of amides is 1. The molecule has 0 saturated carbocycles. The zero-order valence-corrected chi connectivity index (χ0v) is 13.1. The fourth-order valence-electron chi connectivity index (χ4n) is 1.90. The number of nitrogens with zero attached hydrogens (tertiary/aromatic N) is 3. The molecular formula is C14H11ClN4O2S. The number of fused-ring (bicyclic) bond motifs is 1. The fraction of sp³-hybridized carbons (Fsp3) is 0.0714. The number of halogens is 1. The minimum absolute atomic E-state index is 0.344. The van der Waals surface area contributed by atoms with Crippen molar-refractivity contribution in [3.8, 4) is 5.88 Å². The number of carbonyl (C=O) groups excluding carboxylic acids is 1. The second kappa shape index (κ2) is 6.17. The van der Waals surface area contributed by atoms with Crippen molar-refractivity contribution < 1.29 is 9.53 Å². The summed E-state index contributed by atoms with van der Waals surface area (Å²) in [6.45, 7) is 0. The molecule has 0 bridgehead atoms. The van der Waals surface area contributed by atoms with Crippen LogP contribution in [-0.2, 0) is 0 Å². The Hall–Kier alpha value is -2.38. The molecule has 3 rings (SSSR count). The summed E-state index contributed by atoms with van der Waals surface area (Å²) in [4.78, 5) is 17.0. The highest BCUT2D eigenvalue weighted by atomic mass is 35.5. The van der Waals surface area contributed by atoms with Crippen molar-refractivity contribution in [3.63, 3.8) is 0 Å². The molecule has 8 heteroatoms. The average molecular weight is 335 g/mol. The number of imidazole rings is 1. The molecule has 0 atom stereocenters. The lowest BCUT2D eigenvalue weighted by atomic mass is 10.2. The van der Waals surface area contributed by atoms with E-state index in [1.54, 1.807) is 24.3 Å². The zero-order chi connectivity index (χ0) is 15.5. The predicted octanol–water partition coefficient (Wildman–Crippen LogP) is 2.82. The Kier molecular flexibility index (Phi) is 4.08. The van der Waals surface area contributed by atoms with Gasteiger partial charge < -0.3 is 4.74 Å². The van der Waals surface area contributed by atoms with E-state index in [0.717, 1.165) is 4.96 Å². The molecule has 0 unspecified atom stereocenters. The number of benzene rings is 1. The van der Waals surface area contributed by atoms with Crippen molar-refractivity contribution >= 4 is 40.0 Å². The van der Waals surface area contributed by atoms with Crippen LogP contribution in [0, 0.1) is 0 Å². The maximum Gasteiger partial charge on any atom is 0.271 e. The molecule has 112 valence electrons. The van der Waals surface area contributed by atoms with Crippen LogP contribution in [-0.4, -0.2) is 28.6 Å². The second-order valence-electron chi connectivity index (χ2n) is 4.27. The van der Waals surface area contributed by atoms with Gasteiger partial charge in [-0.1, -0.05) is 17.7 Å². The highest BCUT2D eigenvalue weighted by molar-refractivity contribution is 7.15. The Labute approximate surface area is 135 Å². The van der Waals surface area contributed by atoms with Crippen molar-refractivity contribution in [1.82, 2.24) is 14.8 Å². The van der Waals surface area contributed by atoms with E-state index >= 15 is 0 Å². The Morgan fingerprint density at radius 2 is 2.41 bits per heavy atom. The van der Waals surface area contributed by atoms with E-state index in [4.69, 9.17) is 16.3 Å². The van der Waals surface area contributed by atoms with E-state index in [1.807, 2.05) is 16.0 Å². The summed E-state index contributed by atoms with van der Waals surface area (Å²) in [5, 5.41) is 6.36. The summed E-state index contributed by atoms with van der Waals surface area (Å²) in [6.07, 6.45) is 3.35. The van der Waals surface area contributed by atoms with Crippen LogP contribution >= 0.6 is 22.9 Å². The maximum atomic E-state index is 12.0. The number of thiazole rings is 1. The third-order valence-electron chi connectivity index (χ3n) is 2.90. The number of aromatic nitrogens is 2. The second-order valence-corrected chi connectivity index (χ2v) is 5.58. The lowest BCUT2D eigenvalue weighted by Crippen LogP contribution is -2.17. The van der Waals surface area contributed by atoms with E-state index in [9.17, 15) is 4.79 Å². The van der Waals surface area contributed by atoms with Crippen molar-refractivity contribution in [2.24, 2.45) is 5.10 Å². The molecule has 0 saturated heterocycles. The summed E-state index contributed by atoms with van der Waals surface area (Å²) in [5.41, 5.74) is 3.54. The van der Waals surface area contributed by atoms with Gasteiger partial charge in [0.05, 0.1) is 13.3 Å². The van der Waals surface area contributed by atoms with Crippen molar-refractivity contribution in [1.29, 1.82) is 0 Å². The first kappa shape index (κ1) is 14.6. The number of nitrogens with one attached hydrogen (secondary N) is 1. The lowest BCUT2D eigenvalue weighted by Gasteiger charge is -2.00. The van der Waals surface area contributed by atoms with Gasteiger partial charge in [0.2, 0.25) is 5.88 Å². The van der Waals surface area contributed by atoms with E-state index in [-0.39, 0.29) is 5.91 Å². The summed E-state index contributed by atoms with van der Waals surface area (Å²) >= 11 is 7.34. The molecule has 0 aliphatic heterocycles. The first-order chi connectivity index (χ1) is 10.7. The third-order valence-corrected chi connectivity index (χ3v) is 3.89. The Bertz CT molecular complexity index is 856. The fourth-order valence-corrected chi connectivity index (χ4v) is 2.80. The van der Waals surface area contributed by atoms with Crippen LogP contribution in [0.25, 0.3) is 4.96 Å². The number of hydrogen-bond donors (Lipinski definition) is 1. The Balaban J connectivity index is 1.78. The standard InChI is InChI=1S/C14H11ClN4O2S/c1-21-13-11(19-5-6-22-14(19)17-13)8-16-18-12(20)9-3-2-4-10(15)7-9/h2-8H,1H3,(H,18,20)/b16-8+. The molecule has 6 nitrogen and oxygen atoms in total. The number of methoxy groups -OCH3 is 1. The molecule has 0 aliphatic rings. The van der Waals surface area contributed by atoms with Crippen molar-refractivity contribution in [2.75, 3.05) is 7.11 Å². The normalized spacial score (nSPS) is 11.2. The molecule has 1 aromatic carbocycles. The van der Waals surface area contributed by atoms with Crippen LogP contribution < -0.4 is 10.2 Å². The van der Waals surface area contributed by atoms with Gasteiger partial charge in [0, 0.05) is 22.2 Å². The van der Waals surface area contributed by atoms with Gasteiger partial charge in [0.1, 0.15) is 5.69 Å². The van der Waals surface area contributed by atoms with Crippen LogP contribution in [0.3, 0.4) is 0 Å². The van der Waals surface area contributed by atoms with Gasteiger partial charge in [-0.15, -0.1) is 11.3 Å². The number of hydrazone groups is 1. The summed E-state index contributed by atoms with van der Waals surface area (Å²) in [6, 6.07) is 6.64. The predicted molar refractivity (Wildman–Crippen MR) is 86.1 cm³/mol. The molecule has 22 heavy (non-hydrogen) atoms. The number of rotatable bonds is 4. The molecular weight excluding hydrogens is 324 g/mol. The monoisotopic (exact) mass is 334 g/mol. The highest BCUT2D eigenvalue weighted by Crippen LogP contribution is 2.21. The van der Waals surface area contributed by atoms with Gasteiger partial charge in [-0.25, -0.2) is 5.43 Å². The Morgan fingerprint density at radius 1 is 1.55 bits per heavy atom. The van der Waals surface area contributed by atoms with Gasteiger partial charge in [0.25, 0.3) is 5.91 Å². The quantitative estimate of drug-likeness (QED) is 0.589. The minimum atomic E-state index is -0.344. The van der Waals surface area contributed by atoms with Gasteiger partial charge in [-0.05, 0) is 18.2 Å². The molecule has 2 heterocycles. The average Bonchev–Trinajstić information content (AvgIpc) is 3.09. The number of carbonyl (C=O) groups is 1. The van der Waals surface area contributed by atoms with Gasteiger partial charge in [-0.2, -0.15) is 10.1 Å². The topological polar surface area (TPSA) is 68.0 Å². The van der Waals surface area contributed by atoms with Gasteiger partial charge in [-0.3, -0.25) is 9.20 Å². The first-order valence-corrected chi connectivity index (χ1v) is 7.53. The highest BCUT2D eigenvalue weighted by Gasteiger charge is 2.12. The van der Waals surface area contributed by atoms with Crippen LogP contribution in [0.15, 0.2) is 40.9 Å². The van der Waals surface area contributed by atoms with E-state index in [2.05, 4.69) is 15.5 Å². The molecule has 1 amide bonds. The molecule has 3 aromatic rings. The zero-order valence-electron chi connectivity index (χ0n) is 11.5. The summed E-state index contributed by atoms with van der Waals surface area (Å²) in [7, 11) is 1.54. The SMILES string of the molecule is COc1nc2sccn2c1/C=N/NC(=O)c1cccc(Cl)c1. The third kappa shape index (κ3) is 2.81. The van der Waals surface area contributed by atoms with Gasteiger partial charge >= 0.3 is 0 Å². The molecule has 0 radical (unpaired) electrons. The lowest BCUT2D eigenvalue weighted by molar-refractivity contribution is 0.0955. The first-order valence-electron chi connectivity index (χ1n) is 6.27. The maximum absolute atomic E-state index is 12.0. The van der Waals surface area contributed by atoms with Crippen LogP contribution in [0.2, 0.25) is 5.02 Å². The Morgan fingerprint density at radius 3 is 3.18 bits per heavy atom. The van der Waals surface area contributed by atoms with Gasteiger partial charge in [0.15, 0.2) is 4.96 Å². The van der Waals surface area contributed by atoms with Crippen LogP contribution in [0.5, 0.6) is 5.88 Å². The smallest absolute Gasteiger partial charge is 0.271 e. The van der Waals surface area contributed by atoms with E-state index < -0.39 is 0 Å². The molecule has 0 aliphatic carbocycles. The van der Waals surface area contributed by atoms with Crippen LogP contribution in [0.4, 0.5) is 0 Å².